The maximum Gasteiger partial charge on any atom is 0.253 e. The highest BCUT2D eigenvalue weighted by Gasteiger charge is 2.29. The molecule has 1 aliphatic rings. The van der Waals surface area contributed by atoms with Crippen molar-refractivity contribution in [1.82, 2.24) is 24.3 Å². The van der Waals surface area contributed by atoms with Gasteiger partial charge in [-0.25, -0.2) is 4.98 Å². The minimum Gasteiger partial charge on any atom is -0.341 e. The molecule has 3 heterocycles. The Labute approximate surface area is 201 Å². The SMILES string of the molecule is CC(C)CC(=O)N1CCN(C(=O)c2cccc(Cn3ccnc3)c2)C[C@H](Cc2ccccn2)C1. The van der Waals surface area contributed by atoms with Crippen molar-refractivity contribution in [2.45, 2.75) is 33.2 Å². The van der Waals surface area contributed by atoms with Gasteiger partial charge >= 0.3 is 0 Å². The third-order valence-electron chi connectivity index (χ3n) is 6.14. The van der Waals surface area contributed by atoms with Crippen LogP contribution >= 0.6 is 0 Å². The van der Waals surface area contributed by atoms with Gasteiger partial charge in [0.1, 0.15) is 0 Å². The molecule has 0 spiro atoms. The summed E-state index contributed by atoms with van der Waals surface area (Å²) in [4.78, 5) is 38.9. The van der Waals surface area contributed by atoms with Crippen molar-refractivity contribution < 1.29 is 9.59 Å². The molecule has 1 aromatic carbocycles. The standard InChI is InChI=1S/C27H33N5O2/c1-21(2)14-26(33)31-12-13-32(19-23(18-31)16-25-8-3-4-9-29-25)27(34)24-7-5-6-22(15-24)17-30-11-10-28-20-30/h3-11,15,20-21,23H,12-14,16-19H2,1-2H3/t23-/m1/s1. The summed E-state index contributed by atoms with van der Waals surface area (Å²) in [5.41, 5.74) is 2.72. The summed E-state index contributed by atoms with van der Waals surface area (Å²) in [5.74, 6) is 0.613. The van der Waals surface area contributed by atoms with Gasteiger partial charge in [0.05, 0.1) is 6.33 Å². The Morgan fingerprint density at radius 1 is 1.03 bits per heavy atom. The van der Waals surface area contributed by atoms with Crippen molar-refractivity contribution >= 4 is 11.8 Å². The lowest BCUT2D eigenvalue weighted by molar-refractivity contribution is -0.132. The molecule has 4 rings (SSSR count). The molecule has 0 bridgehead atoms. The number of aromatic nitrogens is 3. The number of benzene rings is 1. The smallest absolute Gasteiger partial charge is 0.253 e. The van der Waals surface area contributed by atoms with Crippen molar-refractivity contribution in [2.24, 2.45) is 11.8 Å². The summed E-state index contributed by atoms with van der Waals surface area (Å²) in [7, 11) is 0. The average Bonchev–Trinajstić information content (AvgIpc) is 3.24. The van der Waals surface area contributed by atoms with Crippen LogP contribution in [0.4, 0.5) is 0 Å². The van der Waals surface area contributed by atoms with Crippen molar-refractivity contribution in [3.8, 4) is 0 Å². The Bertz CT molecular complexity index is 1080. The fourth-order valence-corrected chi connectivity index (χ4v) is 4.51. The summed E-state index contributed by atoms with van der Waals surface area (Å²) < 4.78 is 1.98. The molecule has 1 fully saturated rings. The molecule has 0 unspecified atom stereocenters. The van der Waals surface area contributed by atoms with Crippen LogP contribution in [0.3, 0.4) is 0 Å². The first kappa shape index (κ1) is 23.7. The zero-order chi connectivity index (χ0) is 23.9. The third kappa shape index (κ3) is 6.31. The van der Waals surface area contributed by atoms with E-state index >= 15 is 0 Å². The second kappa shape index (κ2) is 11.1. The van der Waals surface area contributed by atoms with Crippen LogP contribution in [-0.2, 0) is 17.8 Å². The lowest BCUT2D eigenvalue weighted by Gasteiger charge is -2.25. The normalized spacial score (nSPS) is 16.5. The monoisotopic (exact) mass is 459 g/mol. The number of hydrogen-bond acceptors (Lipinski definition) is 4. The Kier molecular flexibility index (Phi) is 7.72. The van der Waals surface area contributed by atoms with E-state index in [1.165, 1.54) is 0 Å². The molecule has 1 atom stereocenters. The predicted molar refractivity (Wildman–Crippen MR) is 131 cm³/mol. The molecule has 0 N–H and O–H groups in total. The number of imidazole rings is 1. The van der Waals surface area contributed by atoms with Gasteiger partial charge in [0.25, 0.3) is 5.91 Å². The summed E-state index contributed by atoms with van der Waals surface area (Å²) in [6, 6.07) is 13.7. The molecule has 1 aliphatic heterocycles. The van der Waals surface area contributed by atoms with E-state index in [-0.39, 0.29) is 17.7 Å². The topological polar surface area (TPSA) is 71.3 Å². The minimum absolute atomic E-state index is 0.0108. The second-order valence-corrected chi connectivity index (χ2v) is 9.52. The van der Waals surface area contributed by atoms with Crippen LogP contribution < -0.4 is 0 Å². The van der Waals surface area contributed by atoms with Gasteiger partial charge in [0.15, 0.2) is 0 Å². The maximum atomic E-state index is 13.5. The number of pyridine rings is 1. The van der Waals surface area contributed by atoms with Crippen molar-refractivity contribution in [3.05, 3.63) is 84.2 Å². The molecule has 3 aromatic rings. The third-order valence-corrected chi connectivity index (χ3v) is 6.14. The largest absolute Gasteiger partial charge is 0.341 e. The van der Waals surface area contributed by atoms with Crippen LogP contribution in [0, 0.1) is 11.8 Å². The molecule has 0 aliphatic carbocycles. The predicted octanol–water partition coefficient (Wildman–Crippen LogP) is 3.52. The zero-order valence-corrected chi connectivity index (χ0v) is 20.0. The minimum atomic E-state index is 0.0108. The summed E-state index contributed by atoms with van der Waals surface area (Å²) >= 11 is 0. The number of carbonyl (C=O) groups excluding carboxylic acids is 2. The van der Waals surface area contributed by atoms with E-state index in [1.807, 2.05) is 63.0 Å². The lowest BCUT2D eigenvalue weighted by atomic mass is 10.0. The Morgan fingerprint density at radius 2 is 1.85 bits per heavy atom. The summed E-state index contributed by atoms with van der Waals surface area (Å²) in [6.45, 7) is 7.14. The highest BCUT2D eigenvalue weighted by Crippen LogP contribution is 2.19. The zero-order valence-electron chi connectivity index (χ0n) is 20.0. The number of rotatable bonds is 7. The van der Waals surface area contributed by atoms with Gasteiger partial charge in [-0.15, -0.1) is 0 Å². The second-order valence-electron chi connectivity index (χ2n) is 9.52. The molecule has 0 radical (unpaired) electrons. The fraction of sp³-hybridized carbons (Fsp3) is 0.407. The van der Waals surface area contributed by atoms with E-state index in [0.29, 0.717) is 50.6 Å². The van der Waals surface area contributed by atoms with Crippen LogP contribution in [-0.4, -0.2) is 62.3 Å². The van der Waals surface area contributed by atoms with Crippen LogP contribution in [0.5, 0.6) is 0 Å². The van der Waals surface area contributed by atoms with Gasteiger partial charge in [-0.1, -0.05) is 32.0 Å². The fourth-order valence-electron chi connectivity index (χ4n) is 4.51. The van der Waals surface area contributed by atoms with Crippen molar-refractivity contribution in [1.29, 1.82) is 0 Å². The molecule has 178 valence electrons. The molecule has 1 saturated heterocycles. The van der Waals surface area contributed by atoms with Gasteiger partial charge in [0.2, 0.25) is 5.91 Å². The van der Waals surface area contributed by atoms with Crippen LogP contribution in [0.1, 0.15) is 41.9 Å². The highest BCUT2D eigenvalue weighted by molar-refractivity contribution is 5.94. The molecule has 2 amide bonds. The quantitative estimate of drug-likeness (QED) is 0.542. The van der Waals surface area contributed by atoms with E-state index in [9.17, 15) is 9.59 Å². The molecule has 7 nitrogen and oxygen atoms in total. The molecule has 0 saturated carbocycles. The van der Waals surface area contributed by atoms with Crippen LogP contribution in [0.15, 0.2) is 67.4 Å². The van der Waals surface area contributed by atoms with Crippen LogP contribution in [0.25, 0.3) is 0 Å². The maximum absolute atomic E-state index is 13.5. The van der Waals surface area contributed by atoms with Crippen LogP contribution in [0.2, 0.25) is 0 Å². The average molecular weight is 460 g/mol. The Hall–Kier alpha value is -3.48. The molecule has 34 heavy (non-hydrogen) atoms. The summed E-state index contributed by atoms with van der Waals surface area (Å²) in [5, 5.41) is 0. The first-order valence-corrected chi connectivity index (χ1v) is 12.0. The van der Waals surface area contributed by atoms with Gasteiger partial charge in [-0.05, 0) is 48.1 Å². The summed E-state index contributed by atoms with van der Waals surface area (Å²) in [6.07, 6.45) is 8.49. The van der Waals surface area contributed by atoms with E-state index in [2.05, 4.69) is 23.8 Å². The van der Waals surface area contributed by atoms with Gasteiger partial charge in [-0.3, -0.25) is 14.6 Å². The van der Waals surface area contributed by atoms with E-state index in [0.717, 1.165) is 17.7 Å². The number of nitrogens with zero attached hydrogens (tertiary/aromatic N) is 5. The van der Waals surface area contributed by atoms with Gasteiger partial charge in [0, 0.05) is 69.0 Å². The van der Waals surface area contributed by atoms with Gasteiger partial charge in [-0.2, -0.15) is 0 Å². The van der Waals surface area contributed by atoms with E-state index in [4.69, 9.17) is 0 Å². The first-order valence-electron chi connectivity index (χ1n) is 12.0. The molecule has 7 heteroatoms. The Morgan fingerprint density at radius 3 is 2.59 bits per heavy atom. The Balaban J connectivity index is 1.52. The molecular formula is C27H33N5O2. The number of carbonyl (C=O) groups is 2. The van der Waals surface area contributed by atoms with E-state index < -0.39 is 0 Å². The first-order chi connectivity index (χ1) is 16.5. The van der Waals surface area contributed by atoms with Crippen molar-refractivity contribution in [3.63, 3.8) is 0 Å². The van der Waals surface area contributed by atoms with Gasteiger partial charge < -0.3 is 14.4 Å². The molecule has 2 aromatic heterocycles. The number of amides is 2. The van der Waals surface area contributed by atoms with Crippen molar-refractivity contribution in [2.75, 3.05) is 26.2 Å². The lowest BCUT2D eigenvalue weighted by Crippen LogP contribution is -2.37. The highest BCUT2D eigenvalue weighted by atomic mass is 16.2. The molecular weight excluding hydrogens is 426 g/mol. The van der Waals surface area contributed by atoms with E-state index in [1.54, 1.807) is 18.7 Å². The number of hydrogen-bond donors (Lipinski definition) is 0.